The van der Waals surface area contributed by atoms with Crippen molar-refractivity contribution >= 4 is 17.6 Å². The summed E-state index contributed by atoms with van der Waals surface area (Å²) in [5, 5.41) is 8.28. The largest absolute Gasteiger partial charge is 0.459 e. The normalized spacial score (nSPS) is 10.3. The molecule has 0 fully saturated rings. The van der Waals surface area contributed by atoms with Crippen molar-refractivity contribution in [2.24, 2.45) is 0 Å². The summed E-state index contributed by atoms with van der Waals surface area (Å²) < 4.78 is 20.0. The molecule has 0 unspecified atom stereocenters. The molecule has 0 radical (unpaired) electrons. The zero-order chi connectivity index (χ0) is 13.6. The molecule has 0 aliphatic heterocycles. The summed E-state index contributed by atoms with van der Waals surface area (Å²) in [5.41, 5.74) is 0. The summed E-state index contributed by atoms with van der Waals surface area (Å²) in [7, 11) is 0. The second-order valence-electron chi connectivity index (χ2n) is 3.10. The molecule has 0 aromatic rings. The molecule has 0 aliphatic rings. The Balaban J connectivity index is 3.07. The van der Waals surface area contributed by atoms with Gasteiger partial charge in [-0.05, 0) is 0 Å². The van der Waals surface area contributed by atoms with Gasteiger partial charge in [0.15, 0.2) is 0 Å². The molecule has 0 bridgehead atoms. The van der Waals surface area contributed by atoms with Crippen molar-refractivity contribution in [1.82, 2.24) is 0 Å². The van der Waals surface area contributed by atoms with E-state index in [1.807, 2.05) is 0 Å². The maximum atomic E-state index is 10.8. The Morgan fingerprint density at radius 1 is 0.944 bits per heavy atom. The quantitative estimate of drug-likeness (QED) is 0.316. The Hall–Kier alpha value is -0.660. The van der Waals surface area contributed by atoms with Gasteiger partial charge in [-0.1, -0.05) is 18.2 Å². The minimum atomic E-state index is -0.641. The fourth-order valence-corrected chi connectivity index (χ4v) is 0.933. The average Bonchev–Trinajstić information content (AvgIpc) is 2.35. The molecule has 0 aromatic heterocycles. The van der Waals surface area contributed by atoms with Crippen LogP contribution in [-0.4, -0.2) is 63.9 Å². The van der Waals surface area contributed by atoms with E-state index in [4.69, 9.17) is 35.7 Å². The number of hydrogen-bond donors (Lipinski definition) is 1. The highest BCUT2D eigenvalue weighted by Gasteiger charge is 2.03. The molecular formula is C11H19ClO6. The third-order valence-electron chi connectivity index (χ3n) is 1.66. The summed E-state index contributed by atoms with van der Waals surface area (Å²) in [4.78, 5) is 10.8. The van der Waals surface area contributed by atoms with Crippen molar-refractivity contribution in [3.63, 3.8) is 0 Å². The zero-order valence-corrected chi connectivity index (χ0v) is 11.0. The lowest BCUT2D eigenvalue weighted by atomic mass is 10.6. The van der Waals surface area contributed by atoms with Crippen LogP contribution in [0, 0.1) is 0 Å². The first-order valence-electron chi connectivity index (χ1n) is 5.54. The monoisotopic (exact) mass is 282 g/mol. The van der Waals surface area contributed by atoms with Crippen LogP contribution < -0.4 is 0 Å². The minimum Gasteiger partial charge on any atom is -0.459 e. The van der Waals surface area contributed by atoms with Crippen molar-refractivity contribution in [1.29, 1.82) is 0 Å². The van der Waals surface area contributed by atoms with Crippen LogP contribution in [0.25, 0.3) is 0 Å². The number of halogens is 1. The smallest absolute Gasteiger partial charge is 0.349 e. The van der Waals surface area contributed by atoms with Crippen molar-refractivity contribution in [3.8, 4) is 0 Å². The maximum Gasteiger partial charge on any atom is 0.349 e. The van der Waals surface area contributed by atoms with E-state index >= 15 is 0 Å². The predicted molar refractivity (Wildman–Crippen MR) is 65.5 cm³/mol. The molecule has 0 heterocycles. The van der Waals surface area contributed by atoms with Gasteiger partial charge in [-0.2, -0.15) is 0 Å². The molecule has 0 saturated heterocycles. The molecule has 0 aromatic carbocycles. The number of carbonyl (C=O) groups excluding carboxylic acids is 1. The summed E-state index contributed by atoms with van der Waals surface area (Å²) in [6, 6.07) is 0. The first-order valence-corrected chi connectivity index (χ1v) is 5.92. The van der Waals surface area contributed by atoms with Gasteiger partial charge in [0, 0.05) is 0 Å². The summed E-state index contributed by atoms with van der Waals surface area (Å²) >= 11 is 5.30. The van der Waals surface area contributed by atoms with Crippen molar-refractivity contribution in [3.05, 3.63) is 11.6 Å². The molecule has 0 saturated carbocycles. The number of esters is 1. The number of ether oxygens (including phenoxy) is 4. The lowest BCUT2D eigenvalue weighted by molar-refractivity contribution is -0.139. The number of hydrogen-bond acceptors (Lipinski definition) is 6. The van der Waals surface area contributed by atoms with Crippen LogP contribution in [-0.2, 0) is 23.7 Å². The minimum absolute atomic E-state index is 0.0105. The van der Waals surface area contributed by atoms with E-state index in [9.17, 15) is 4.79 Å². The van der Waals surface area contributed by atoms with E-state index in [0.29, 0.717) is 33.0 Å². The van der Waals surface area contributed by atoms with Gasteiger partial charge in [0.1, 0.15) is 11.6 Å². The zero-order valence-electron chi connectivity index (χ0n) is 10.2. The molecule has 0 aliphatic carbocycles. The van der Waals surface area contributed by atoms with Crippen LogP contribution in [0.2, 0.25) is 0 Å². The predicted octanol–water partition coefficient (Wildman–Crippen LogP) is 0.324. The molecule has 0 atom stereocenters. The van der Waals surface area contributed by atoms with E-state index in [1.165, 1.54) is 0 Å². The molecule has 6 nitrogen and oxygen atoms in total. The molecule has 7 heteroatoms. The Labute approximate surface area is 111 Å². The Morgan fingerprint density at radius 2 is 1.39 bits per heavy atom. The van der Waals surface area contributed by atoms with Crippen molar-refractivity contribution < 1.29 is 28.8 Å². The van der Waals surface area contributed by atoms with Gasteiger partial charge >= 0.3 is 5.97 Å². The van der Waals surface area contributed by atoms with Gasteiger partial charge < -0.3 is 24.1 Å². The van der Waals surface area contributed by atoms with E-state index in [0.717, 1.165) is 0 Å². The maximum absolute atomic E-state index is 10.8. The average molecular weight is 283 g/mol. The molecule has 1 N–H and O–H groups in total. The Kier molecular flexibility index (Phi) is 12.3. The molecule has 0 spiro atoms. The molecule has 106 valence electrons. The van der Waals surface area contributed by atoms with Crippen LogP contribution >= 0.6 is 11.6 Å². The standard InChI is InChI=1S/C11H19ClO6/c1-10(12)11(14)18-9-8-17-7-6-16-5-4-15-3-2-13/h13H,1-9H2. The highest BCUT2D eigenvalue weighted by atomic mass is 35.5. The fraction of sp³-hybridized carbons (Fsp3) is 0.727. The van der Waals surface area contributed by atoms with Gasteiger partial charge in [0.25, 0.3) is 0 Å². The summed E-state index contributed by atoms with van der Waals surface area (Å²) in [6.07, 6.45) is 0. The second-order valence-corrected chi connectivity index (χ2v) is 3.56. The second kappa shape index (κ2) is 12.8. The number of aliphatic hydroxyl groups is 1. The van der Waals surface area contributed by atoms with Crippen LogP contribution in [0.5, 0.6) is 0 Å². The first-order chi connectivity index (χ1) is 8.68. The third kappa shape index (κ3) is 11.8. The number of carbonyl (C=O) groups is 1. The Morgan fingerprint density at radius 3 is 1.83 bits per heavy atom. The van der Waals surface area contributed by atoms with Crippen molar-refractivity contribution in [2.45, 2.75) is 0 Å². The van der Waals surface area contributed by atoms with Crippen LogP contribution in [0.1, 0.15) is 0 Å². The number of rotatable bonds is 12. The highest BCUT2D eigenvalue weighted by molar-refractivity contribution is 6.40. The van der Waals surface area contributed by atoms with Gasteiger partial charge in [0.2, 0.25) is 0 Å². The van der Waals surface area contributed by atoms with Gasteiger partial charge in [-0.15, -0.1) is 0 Å². The van der Waals surface area contributed by atoms with E-state index in [-0.39, 0.29) is 24.9 Å². The summed E-state index contributed by atoms with van der Waals surface area (Å²) in [5.74, 6) is -0.641. The number of aliphatic hydroxyl groups excluding tert-OH is 1. The van der Waals surface area contributed by atoms with Crippen LogP contribution in [0.15, 0.2) is 11.6 Å². The SMILES string of the molecule is C=C(Cl)C(=O)OCCOCCOCCOCCO. The summed E-state index contributed by atoms with van der Waals surface area (Å²) in [6.45, 7) is 5.68. The first kappa shape index (κ1) is 17.3. The van der Waals surface area contributed by atoms with Gasteiger partial charge in [-0.25, -0.2) is 4.79 Å². The molecular weight excluding hydrogens is 264 g/mol. The lowest BCUT2D eigenvalue weighted by Gasteiger charge is -2.06. The third-order valence-corrected chi connectivity index (χ3v) is 1.82. The van der Waals surface area contributed by atoms with Crippen LogP contribution in [0.4, 0.5) is 0 Å². The molecule has 18 heavy (non-hydrogen) atoms. The van der Waals surface area contributed by atoms with E-state index < -0.39 is 5.97 Å². The van der Waals surface area contributed by atoms with E-state index in [2.05, 4.69) is 6.58 Å². The molecule has 0 rings (SSSR count). The van der Waals surface area contributed by atoms with Gasteiger partial charge in [-0.3, -0.25) is 0 Å². The highest BCUT2D eigenvalue weighted by Crippen LogP contribution is 1.98. The Bertz CT molecular complexity index is 234. The van der Waals surface area contributed by atoms with Gasteiger partial charge in [0.05, 0.1) is 46.2 Å². The van der Waals surface area contributed by atoms with E-state index in [1.54, 1.807) is 0 Å². The van der Waals surface area contributed by atoms with Crippen LogP contribution in [0.3, 0.4) is 0 Å². The topological polar surface area (TPSA) is 74.2 Å². The van der Waals surface area contributed by atoms with Crippen molar-refractivity contribution in [2.75, 3.05) is 52.9 Å². The lowest BCUT2D eigenvalue weighted by Crippen LogP contribution is -2.14. The molecule has 0 amide bonds. The fourth-order valence-electron chi connectivity index (χ4n) is 0.878.